The standard InChI is InChI=1S/C22H28N6O2/c29-22(24-16-20-25-21(27-26-20)19-7-4-14-30-19)23-15-18-9-12-28(13-10-18)11-8-17-5-2-1-3-6-17/h1-7,14,18H,8-13,15-16H2,(H2,23,24,29)(H,25,26,27). The molecule has 3 N–H and O–H groups in total. The van der Waals surface area contributed by atoms with Gasteiger partial charge in [-0.15, -0.1) is 5.10 Å². The van der Waals surface area contributed by atoms with Crippen molar-refractivity contribution in [3.63, 3.8) is 0 Å². The topological polar surface area (TPSA) is 99.1 Å². The number of carbonyl (C=O) groups is 1. The maximum absolute atomic E-state index is 12.1. The predicted molar refractivity (Wildman–Crippen MR) is 114 cm³/mol. The van der Waals surface area contributed by atoms with Gasteiger partial charge in [0.15, 0.2) is 5.76 Å². The summed E-state index contributed by atoms with van der Waals surface area (Å²) in [7, 11) is 0. The molecule has 1 saturated heterocycles. The van der Waals surface area contributed by atoms with E-state index in [2.05, 4.69) is 61.0 Å². The van der Waals surface area contributed by atoms with Gasteiger partial charge >= 0.3 is 6.03 Å². The lowest BCUT2D eigenvalue weighted by molar-refractivity contribution is 0.183. The summed E-state index contributed by atoms with van der Waals surface area (Å²) < 4.78 is 5.26. The highest BCUT2D eigenvalue weighted by molar-refractivity contribution is 5.73. The molecule has 4 rings (SSSR count). The SMILES string of the molecule is O=C(NCc1nc(-c2ccco2)n[nH]1)NCC1CCN(CCc2ccccc2)CC1. The van der Waals surface area contributed by atoms with E-state index in [0.717, 1.165) is 38.9 Å². The Morgan fingerprint density at radius 2 is 1.97 bits per heavy atom. The molecule has 0 saturated carbocycles. The second kappa shape index (κ2) is 10.1. The summed E-state index contributed by atoms with van der Waals surface area (Å²) in [4.78, 5) is 18.9. The fourth-order valence-corrected chi connectivity index (χ4v) is 3.70. The Morgan fingerprint density at radius 3 is 2.73 bits per heavy atom. The van der Waals surface area contributed by atoms with Gasteiger partial charge in [-0.1, -0.05) is 30.3 Å². The summed E-state index contributed by atoms with van der Waals surface area (Å²) in [5.74, 6) is 2.19. The van der Waals surface area contributed by atoms with Gasteiger partial charge in [-0.05, 0) is 56.0 Å². The van der Waals surface area contributed by atoms with Crippen LogP contribution in [-0.4, -0.2) is 52.3 Å². The van der Waals surface area contributed by atoms with Crippen LogP contribution in [-0.2, 0) is 13.0 Å². The third kappa shape index (κ3) is 5.70. The molecule has 8 heteroatoms. The second-order valence-corrected chi connectivity index (χ2v) is 7.67. The number of furan rings is 1. The third-order valence-corrected chi connectivity index (χ3v) is 5.51. The number of urea groups is 1. The summed E-state index contributed by atoms with van der Waals surface area (Å²) >= 11 is 0. The van der Waals surface area contributed by atoms with Crippen molar-refractivity contribution in [2.45, 2.75) is 25.8 Å². The summed E-state index contributed by atoms with van der Waals surface area (Å²) in [6, 6.07) is 14.0. The number of amides is 2. The van der Waals surface area contributed by atoms with Crippen LogP contribution < -0.4 is 10.6 Å². The maximum Gasteiger partial charge on any atom is 0.315 e. The van der Waals surface area contributed by atoms with Crippen molar-refractivity contribution in [1.82, 2.24) is 30.7 Å². The number of hydrogen-bond donors (Lipinski definition) is 3. The number of piperidine rings is 1. The minimum absolute atomic E-state index is 0.183. The fraction of sp³-hybridized carbons (Fsp3) is 0.409. The molecule has 30 heavy (non-hydrogen) atoms. The number of aromatic nitrogens is 3. The average Bonchev–Trinajstić information content (AvgIpc) is 3.48. The lowest BCUT2D eigenvalue weighted by atomic mass is 9.96. The van der Waals surface area contributed by atoms with Gasteiger partial charge < -0.3 is 20.0 Å². The van der Waals surface area contributed by atoms with Crippen LogP contribution in [0.3, 0.4) is 0 Å². The molecule has 0 spiro atoms. The van der Waals surface area contributed by atoms with E-state index in [4.69, 9.17) is 4.42 Å². The molecule has 1 aliphatic heterocycles. The van der Waals surface area contributed by atoms with Crippen molar-refractivity contribution in [2.24, 2.45) is 5.92 Å². The number of benzene rings is 1. The molecule has 1 fully saturated rings. The van der Waals surface area contributed by atoms with Crippen molar-refractivity contribution in [3.05, 3.63) is 60.1 Å². The Hall–Kier alpha value is -3.13. The van der Waals surface area contributed by atoms with Crippen LogP contribution in [0, 0.1) is 5.92 Å². The zero-order chi connectivity index (χ0) is 20.6. The fourth-order valence-electron chi connectivity index (χ4n) is 3.70. The van der Waals surface area contributed by atoms with Crippen LogP contribution in [0.5, 0.6) is 0 Å². The highest BCUT2D eigenvalue weighted by Crippen LogP contribution is 2.17. The molecule has 158 valence electrons. The first-order valence-corrected chi connectivity index (χ1v) is 10.5. The van der Waals surface area contributed by atoms with E-state index in [0.29, 0.717) is 29.9 Å². The molecular weight excluding hydrogens is 380 g/mol. The van der Waals surface area contributed by atoms with Gasteiger partial charge in [0.05, 0.1) is 12.8 Å². The Morgan fingerprint density at radius 1 is 1.13 bits per heavy atom. The smallest absolute Gasteiger partial charge is 0.315 e. The predicted octanol–water partition coefficient (Wildman–Crippen LogP) is 2.82. The number of nitrogens with zero attached hydrogens (tertiary/aromatic N) is 3. The molecule has 8 nitrogen and oxygen atoms in total. The summed E-state index contributed by atoms with van der Waals surface area (Å²) in [5.41, 5.74) is 1.39. The Bertz CT molecular complexity index is 901. The number of H-pyrrole nitrogens is 1. The van der Waals surface area contributed by atoms with E-state index in [1.807, 2.05) is 0 Å². The third-order valence-electron chi connectivity index (χ3n) is 5.51. The number of hydrogen-bond acceptors (Lipinski definition) is 5. The van der Waals surface area contributed by atoms with Crippen LogP contribution in [0.2, 0.25) is 0 Å². The quantitative estimate of drug-likeness (QED) is 0.532. The molecule has 0 radical (unpaired) electrons. The zero-order valence-electron chi connectivity index (χ0n) is 17.0. The Labute approximate surface area is 176 Å². The van der Waals surface area contributed by atoms with E-state index in [9.17, 15) is 4.79 Å². The minimum atomic E-state index is -0.183. The molecule has 1 aliphatic rings. The lowest BCUT2D eigenvalue weighted by Gasteiger charge is -2.32. The average molecular weight is 409 g/mol. The number of rotatable bonds is 8. The van der Waals surface area contributed by atoms with Crippen molar-refractivity contribution < 1.29 is 9.21 Å². The van der Waals surface area contributed by atoms with Gasteiger partial charge in [0, 0.05) is 13.1 Å². The molecular formula is C22H28N6O2. The zero-order valence-corrected chi connectivity index (χ0v) is 17.0. The van der Waals surface area contributed by atoms with E-state index in [-0.39, 0.29) is 12.6 Å². The molecule has 3 heterocycles. The van der Waals surface area contributed by atoms with Crippen LogP contribution >= 0.6 is 0 Å². The molecule has 0 bridgehead atoms. The van der Waals surface area contributed by atoms with Crippen molar-refractivity contribution >= 4 is 6.03 Å². The summed E-state index contributed by atoms with van der Waals surface area (Å²) in [6.45, 7) is 4.27. The molecule has 0 aliphatic carbocycles. The highest BCUT2D eigenvalue weighted by Gasteiger charge is 2.19. The summed E-state index contributed by atoms with van der Waals surface area (Å²) in [6.07, 6.45) is 4.90. The van der Waals surface area contributed by atoms with Crippen molar-refractivity contribution in [1.29, 1.82) is 0 Å². The van der Waals surface area contributed by atoms with E-state index >= 15 is 0 Å². The van der Waals surface area contributed by atoms with Gasteiger partial charge in [-0.25, -0.2) is 9.78 Å². The largest absolute Gasteiger partial charge is 0.461 e. The molecule has 1 aromatic carbocycles. The van der Waals surface area contributed by atoms with Crippen LogP contribution in [0.1, 0.15) is 24.2 Å². The molecule has 0 atom stereocenters. The van der Waals surface area contributed by atoms with E-state index < -0.39 is 0 Å². The number of carbonyl (C=O) groups excluding carboxylic acids is 1. The lowest BCUT2D eigenvalue weighted by Crippen LogP contribution is -2.42. The van der Waals surface area contributed by atoms with Gasteiger partial charge in [-0.2, -0.15) is 0 Å². The van der Waals surface area contributed by atoms with Crippen molar-refractivity contribution in [2.75, 3.05) is 26.2 Å². The van der Waals surface area contributed by atoms with Crippen molar-refractivity contribution in [3.8, 4) is 11.6 Å². The Kier molecular flexibility index (Phi) is 6.76. The Balaban J connectivity index is 1.11. The molecule has 2 aromatic heterocycles. The summed E-state index contributed by atoms with van der Waals surface area (Å²) in [5, 5.41) is 12.7. The first-order chi connectivity index (χ1) is 14.8. The van der Waals surface area contributed by atoms with Crippen LogP contribution in [0.25, 0.3) is 11.6 Å². The van der Waals surface area contributed by atoms with Crippen LogP contribution in [0.15, 0.2) is 53.1 Å². The maximum atomic E-state index is 12.1. The van der Waals surface area contributed by atoms with Gasteiger partial charge in [0.25, 0.3) is 0 Å². The first-order valence-electron chi connectivity index (χ1n) is 10.5. The molecule has 2 amide bonds. The second-order valence-electron chi connectivity index (χ2n) is 7.67. The molecule has 3 aromatic rings. The normalized spacial score (nSPS) is 15.2. The molecule has 0 unspecified atom stereocenters. The number of likely N-dealkylation sites (tertiary alicyclic amines) is 1. The van der Waals surface area contributed by atoms with Gasteiger partial charge in [0.2, 0.25) is 5.82 Å². The van der Waals surface area contributed by atoms with E-state index in [1.54, 1.807) is 18.4 Å². The number of nitrogens with one attached hydrogen (secondary N) is 3. The first kappa shape index (κ1) is 20.2. The number of aromatic amines is 1. The monoisotopic (exact) mass is 408 g/mol. The van der Waals surface area contributed by atoms with Gasteiger partial charge in [-0.3, -0.25) is 5.10 Å². The highest BCUT2D eigenvalue weighted by atomic mass is 16.3. The van der Waals surface area contributed by atoms with E-state index in [1.165, 1.54) is 5.56 Å². The van der Waals surface area contributed by atoms with Gasteiger partial charge in [0.1, 0.15) is 5.82 Å². The minimum Gasteiger partial charge on any atom is -0.461 e. The van der Waals surface area contributed by atoms with Crippen LogP contribution in [0.4, 0.5) is 4.79 Å².